The molecule has 2 unspecified atom stereocenters. The molecule has 260 valence electrons. The summed E-state index contributed by atoms with van der Waals surface area (Å²) < 4.78 is 0. The third kappa shape index (κ3) is 13.5. The van der Waals surface area contributed by atoms with Gasteiger partial charge in [0.2, 0.25) is 5.91 Å². The summed E-state index contributed by atoms with van der Waals surface area (Å²) in [5, 5.41) is 3.07. The standard InChI is InChI=1S/C19H33NOSi2.C19H35NSi2.ClH/c1-16(19(21)20-11-13-23(5,6)14-12-20)15-17-7-9-18(10-8-17)22(2,3)4;1-17(16-20-11-13-22(5,6)14-12-20)15-18-7-9-19(10-8-18)21(2,3)4;/h7-10,16H,11-15H2,1-6H3;7-10,17H,11-16H2,1-6H3;1H. The second-order valence-electron chi connectivity index (χ2n) is 18.3. The van der Waals surface area contributed by atoms with E-state index in [1.165, 1.54) is 66.5 Å². The first-order valence-corrected chi connectivity index (χ1v) is 31.8. The Morgan fingerprint density at radius 1 is 0.652 bits per heavy atom. The minimum Gasteiger partial charge on any atom is -0.343 e. The highest BCUT2D eigenvalue weighted by Gasteiger charge is 2.31. The average molecular weight is 718 g/mol. The Hall–Kier alpha value is -0.972. The Morgan fingerprint density at radius 2 is 1.02 bits per heavy atom. The Bertz CT molecular complexity index is 1200. The first-order chi connectivity index (χ1) is 20.7. The van der Waals surface area contributed by atoms with Gasteiger partial charge in [0.15, 0.2) is 0 Å². The quantitative estimate of drug-likeness (QED) is 0.242. The zero-order valence-electron chi connectivity index (χ0n) is 31.8. The van der Waals surface area contributed by atoms with E-state index in [0.29, 0.717) is 5.91 Å². The minimum absolute atomic E-state index is 0. The van der Waals surface area contributed by atoms with Crippen LogP contribution < -0.4 is 10.4 Å². The van der Waals surface area contributed by atoms with Crippen LogP contribution in [0, 0.1) is 11.8 Å². The lowest BCUT2D eigenvalue weighted by atomic mass is 10.00. The van der Waals surface area contributed by atoms with E-state index in [-0.39, 0.29) is 18.3 Å². The minimum atomic E-state index is -1.23. The predicted molar refractivity (Wildman–Crippen MR) is 219 cm³/mol. The fraction of sp³-hybridized carbons (Fsp3) is 0.658. The maximum absolute atomic E-state index is 12.7. The van der Waals surface area contributed by atoms with Gasteiger partial charge in [0.05, 0.1) is 24.2 Å². The van der Waals surface area contributed by atoms with Gasteiger partial charge in [-0.1, -0.05) is 138 Å². The van der Waals surface area contributed by atoms with E-state index in [0.717, 1.165) is 25.4 Å². The summed E-state index contributed by atoms with van der Waals surface area (Å²) in [6.07, 6.45) is 2.09. The summed E-state index contributed by atoms with van der Waals surface area (Å²) in [7, 11) is -4.20. The molecule has 8 heteroatoms. The molecule has 0 radical (unpaired) electrons. The fourth-order valence-corrected chi connectivity index (χ4v) is 13.0. The number of halogens is 1. The van der Waals surface area contributed by atoms with Crippen LogP contribution in [0.5, 0.6) is 0 Å². The molecule has 3 nitrogen and oxygen atoms in total. The maximum atomic E-state index is 12.7. The van der Waals surface area contributed by atoms with Gasteiger partial charge in [-0.2, -0.15) is 0 Å². The summed E-state index contributed by atoms with van der Waals surface area (Å²) in [6.45, 7) is 34.8. The summed E-state index contributed by atoms with van der Waals surface area (Å²) >= 11 is 0. The molecule has 0 spiro atoms. The monoisotopic (exact) mass is 716 g/mol. The second kappa shape index (κ2) is 17.1. The van der Waals surface area contributed by atoms with Crippen molar-refractivity contribution in [3.8, 4) is 0 Å². The van der Waals surface area contributed by atoms with Gasteiger partial charge >= 0.3 is 0 Å². The van der Waals surface area contributed by atoms with Crippen LogP contribution in [0.3, 0.4) is 0 Å². The number of nitrogens with zero attached hydrogens (tertiary/aromatic N) is 2. The van der Waals surface area contributed by atoms with E-state index >= 15 is 0 Å². The zero-order valence-corrected chi connectivity index (χ0v) is 36.6. The summed E-state index contributed by atoms with van der Waals surface area (Å²) in [5.41, 5.74) is 2.81. The number of benzene rings is 2. The number of hydrogen-bond donors (Lipinski definition) is 0. The Morgan fingerprint density at radius 3 is 1.41 bits per heavy atom. The Balaban J connectivity index is 0.000000314. The highest BCUT2D eigenvalue weighted by atomic mass is 35.5. The van der Waals surface area contributed by atoms with Gasteiger partial charge in [-0.15, -0.1) is 12.4 Å². The van der Waals surface area contributed by atoms with Crippen LogP contribution in [0.25, 0.3) is 0 Å². The van der Waals surface area contributed by atoms with Crippen LogP contribution in [-0.4, -0.2) is 80.7 Å². The molecular weight excluding hydrogens is 648 g/mol. The van der Waals surface area contributed by atoms with Crippen LogP contribution in [0.15, 0.2) is 48.5 Å². The smallest absolute Gasteiger partial charge is 0.225 e. The van der Waals surface area contributed by atoms with Gasteiger partial charge in [-0.05, 0) is 67.2 Å². The number of amides is 1. The van der Waals surface area contributed by atoms with Gasteiger partial charge in [-0.25, -0.2) is 0 Å². The molecule has 2 fully saturated rings. The Kier molecular flexibility index (Phi) is 15.3. The molecule has 2 saturated heterocycles. The lowest BCUT2D eigenvalue weighted by Gasteiger charge is -2.37. The Labute approximate surface area is 294 Å². The fourth-order valence-electron chi connectivity index (χ4n) is 6.62. The molecule has 0 bridgehead atoms. The van der Waals surface area contributed by atoms with Crippen LogP contribution >= 0.6 is 12.4 Å². The molecule has 2 aromatic rings. The molecule has 0 aromatic heterocycles. The van der Waals surface area contributed by atoms with Crippen molar-refractivity contribution in [3.63, 3.8) is 0 Å². The van der Waals surface area contributed by atoms with Gasteiger partial charge in [0, 0.05) is 33.6 Å². The summed E-state index contributed by atoms with van der Waals surface area (Å²) in [5.74, 6) is 1.21. The summed E-state index contributed by atoms with van der Waals surface area (Å²) in [6, 6.07) is 24.0. The van der Waals surface area contributed by atoms with Gasteiger partial charge in [0.25, 0.3) is 0 Å². The van der Waals surface area contributed by atoms with Crippen molar-refractivity contribution < 1.29 is 4.79 Å². The molecule has 0 saturated carbocycles. The maximum Gasteiger partial charge on any atom is 0.225 e. The molecule has 2 aromatic carbocycles. The van der Waals surface area contributed by atoms with E-state index in [9.17, 15) is 4.79 Å². The topological polar surface area (TPSA) is 23.6 Å². The number of hydrogen-bond acceptors (Lipinski definition) is 2. The molecular formula is C38H69ClN2OSi4. The largest absolute Gasteiger partial charge is 0.343 e. The molecule has 2 atom stereocenters. The highest BCUT2D eigenvalue weighted by molar-refractivity contribution is 6.89. The number of carbonyl (C=O) groups is 1. The highest BCUT2D eigenvalue weighted by Crippen LogP contribution is 2.25. The zero-order chi connectivity index (χ0) is 33.6. The normalized spacial score (nSPS) is 19.7. The predicted octanol–water partition coefficient (Wildman–Crippen LogP) is 8.82. The molecule has 46 heavy (non-hydrogen) atoms. The number of rotatable bonds is 9. The SMILES string of the molecule is CC(Cc1ccc([Si](C)(C)C)cc1)C(=O)N1CC[Si](C)(C)CC1.CC(Cc1ccc([Si](C)(C)C)cc1)CN1CC[Si](C)(C)CC1.Cl. The first kappa shape index (κ1) is 41.2. The average Bonchev–Trinajstić information content (AvgIpc) is 2.94. The van der Waals surface area contributed by atoms with Gasteiger partial charge < -0.3 is 9.80 Å². The molecule has 0 N–H and O–H groups in total. The van der Waals surface area contributed by atoms with E-state index in [1.54, 1.807) is 5.19 Å². The van der Waals surface area contributed by atoms with E-state index in [1.807, 2.05) is 0 Å². The van der Waals surface area contributed by atoms with Crippen molar-refractivity contribution in [3.05, 3.63) is 59.7 Å². The van der Waals surface area contributed by atoms with Crippen molar-refractivity contribution in [2.45, 2.75) is 116 Å². The molecule has 0 aliphatic carbocycles. The first-order valence-electron chi connectivity index (χ1n) is 17.9. The van der Waals surface area contributed by atoms with Crippen LogP contribution in [0.1, 0.15) is 25.0 Å². The second-order valence-corrected chi connectivity index (χ2v) is 39.1. The van der Waals surface area contributed by atoms with Gasteiger partial charge in [0.1, 0.15) is 0 Å². The van der Waals surface area contributed by atoms with Crippen molar-refractivity contribution in [2.75, 3.05) is 32.7 Å². The molecule has 2 heterocycles. The van der Waals surface area contributed by atoms with E-state index in [2.05, 4.69) is 138 Å². The molecule has 1 amide bonds. The van der Waals surface area contributed by atoms with Crippen molar-refractivity contribution >= 4 is 61.0 Å². The van der Waals surface area contributed by atoms with Crippen molar-refractivity contribution in [2.24, 2.45) is 11.8 Å². The van der Waals surface area contributed by atoms with Crippen LogP contribution in [0.4, 0.5) is 0 Å². The van der Waals surface area contributed by atoms with E-state index in [4.69, 9.17) is 0 Å². The molecule has 2 aliphatic heterocycles. The lowest BCUT2D eigenvalue weighted by molar-refractivity contribution is -0.134. The van der Waals surface area contributed by atoms with E-state index < -0.39 is 32.3 Å². The van der Waals surface area contributed by atoms with Gasteiger partial charge in [-0.3, -0.25) is 4.79 Å². The van der Waals surface area contributed by atoms with Crippen molar-refractivity contribution in [1.29, 1.82) is 0 Å². The third-order valence-corrected chi connectivity index (χ3v) is 20.8. The molecule has 2 aliphatic rings. The van der Waals surface area contributed by atoms with Crippen LogP contribution in [0.2, 0.25) is 89.6 Å². The third-order valence-electron chi connectivity index (χ3n) is 10.4. The number of carbonyl (C=O) groups excluding carboxylic acids is 1. The molecule has 4 rings (SSSR count). The van der Waals surface area contributed by atoms with Crippen molar-refractivity contribution in [1.82, 2.24) is 9.80 Å². The summed E-state index contributed by atoms with van der Waals surface area (Å²) in [4.78, 5) is 17.5. The lowest BCUT2D eigenvalue weighted by Crippen LogP contribution is -2.47. The van der Waals surface area contributed by atoms with Crippen LogP contribution in [-0.2, 0) is 17.6 Å².